The molecule has 17 heavy (non-hydrogen) atoms. The molecule has 4 nitrogen and oxygen atoms in total. The van der Waals surface area contributed by atoms with E-state index in [-0.39, 0.29) is 10.5 Å². The van der Waals surface area contributed by atoms with Gasteiger partial charge in [-0.25, -0.2) is 13.1 Å². The van der Waals surface area contributed by atoms with Gasteiger partial charge in [0.1, 0.15) is 0 Å². The zero-order valence-electron chi connectivity index (χ0n) is 9.82. The zero-order chi connectivity index (χ0) is 13.3. The fourth-order valence-electron chi connectivity index (χ4n) is 1.25. The van der Waals surface area contributed by atoms with E-state index in [9.17, 15) is 13.2 Å². The molecule has 1 aromatic carbocycles. The zero-order valence-corrected chi connectivity index (χ0v) is 11.4. The van der Waals surface area contributed by atoms with Gasteiger partial charge in [0, 0.05) is 11.1 Å². The monoisotopic (exact) mass is 275 g/mol. The van der Waals surface area contributed by atoms with Crippen molar-refractivity contribution in [3.8, 4) is 0 Å². The van der Waals surface area contributed by atoms with Crippen LogP contribution in [0.5, 0.6) is 0 Å². The molecular formula is C11H14ClNO3S. The first-order valence-electron chi connectivity index (χ1n) is 4.96. The molecule has 0 saturated carbocycles. The maximum absolute atomic E-state index is 12.0. The number of benzene rings is 1. The van der Waals surface area contributed by atoms with Crippen LogP contribution in [0.4, 0.5) is 0 Å². The predicted molar refractivity (Wildman–Crippen MR) is 66.7 cm³/mol. The van der Waals surface area contributed by atoms with Gasteiger partial charge in [-0.1, -0.05) is 12.1 Å². The number of hydrogen-bond donors (Lipinski definition) is 1. The number of rotatable bonds is 3. The first-order valence-corrected chi connectivity index (χ1v) is 6.82. The summed E-state index contributed by atoms with van der Waals surface area (Å²) in [6.45, 7) is 5.21. The Hall–Kier alpha value is -0.910. The van der Waals surface area contributed by atoms with Gasteiger partial charge in [0.25, 0.3) is 5.24 Å². The van der Waals surface area contributed by atoms with E-state index in [2.05, 4.69) is 4.72 Å². The van der Waals surface area contributed by atoms with Crippen LogP contribution in [0, 0.1) is 0 Å². The molecule has 94 valence electrons. The highest BCUT2D eigenvalue weighted by Gasteiger charge is 2.22. The van der Waals surface area contributed by atoms with Crippen LogP contribution in [-0.4, -0.2) is 19.2 Å². The highest BCUT2D eigenvalue weighted by molar-refractivity contribution is 7.89. The number of sulfonamides is 1. The normalized spacial score (nSPS) is 12.5. The molecule has 0 heterocycles. The van der Waals surface area contributed by atoms with Gasteiger partial charge in [0.2, 0.25) is 10.0 Å². The molecule has 1 N–H and O–H groups in total. The largest absolute Gasteiger partial charge is 0.276 e. The fourth-order valence-corrected chi connectivity index (χ4v) is 2.83. The van der Waals surface area contributed by atoms with Gasteiger partial charge >= 0.3 is 0 Å². The minimum Gasteiger partial charge on any atom is -0.276 e. The third-order valence-electron chi connectivity index (χ3n) is 1.81. The van der Waals surface area contributed by atoms with Gasteiger partial charge in [0.15, 0.2) is 0 Å². The van der Waals surface area contributed by atoms with E-state index in [0.717, 1.165) is 0 Å². The third kappa shape index (κ3) is 4.11. The lowest BCUT2D eigenvalue weighted by Gasteiger charge is -2.20. The summed E-state index contributed by atoms with van der Waals surface area (Å²) in [7, 11) is -3.63. The summed E-state index contributed by atoms with van der Waals surface area (Å²) in [5, 5.41) is -0.683. The molecule has 0 atom stereocenters. The van der Waals surface area contributed by atoms with Crippen LogP contribution >= 0.6 is 11.6 Å². The summed E-state index contributed by atoms with van der Waals surface area (Å²) in [5.74, 6) is 0. The lowest BCUT2D eigenvalue weighted by molar-refractivity contribution is 0.108. The van der Waals surface area contributed by atoms with Crippen molar-refractivity contribution < 1.29 is 13.2 Å². The molecule has 0 fully saturated rings. The molecule has 0 radical (unpaired) electrons. The maximum Gasteiger partial charge on any atom is 0.252 e. The molecule has 0 aliphatic rings. The summed E-state index contributed by atoms with van der Waals surface area (Å²) in [4.78, 5) is 11.0. The maximum atomic E-state index is 12.0. The molecule has 0 unspecified atom stereocenters. The molecule has 0 spiro atoms. The van der Waals surface area contributed by atoms with Gasteiger partial charge < -0.3 is 0 Å². The Labute approximate surface area is 106 Å². The Balaban J connectivity index is 3.16. The molecule has 0 aliphatic heterocycles. The standard InChI is InChI=1S/C11H14ClNO3S/c1-11(2,3)13-17(15,16)9-6-4-5-8(7-9)10(12)14/h4-7,13H,1-3H3. The van der Waals surface area contributed by atoms with Crippen LogP contribution < -0.4 is 4.72 Å². The minimum absolute atomic E-state index is 0.0268. The first kappa shape index (κ1) is 14.2. The molecule has 1 rings (SSSR count). The van der Waals surface area contributed by atoms with Gasteiger partial charge in [-0.3, -0.25) is 4.79 Å². The molecule has 0 amide bonds. The predicted octanol–water partition coefficient (Wildman–Crippen LogP) is 2.14. The highest BCUT2D eigenvalue weighted by atomic mass is 35.5. The Morgan fingerprint density at radius 3 is 2.35 bits per heavy atom. The third-order valence-corrected chi connectivity index (χ3v) is 3.79. The first-order chi connectivity index (χ1) is 7.62. The van der Waals surface area contributed by atoms with E-state index >= 15 is 0 Å². The van der Waals surface area contributed by atoms with E-state index < -0.39 is 20.8 Å². The number of carbonyl (C=O) groups excluding carboxylic acids is 1. The van der Waals surface area contributed by atoms with Gasteiger partial charge in [-0.15, -0.1) is 0 Å². The smallest absolute Gasteiger partial charge is 0.252 e. The van der Waals surface area contributed by atoms with Crippen molar-refractivity contribution in [2.75, 3.05) is 0 Å². The number of nitrogens with one attached hydrogen (secondary N) is 1. The lowest BCUT2D eigenvalue weighted by Crippen LogP contribution is -2.40. The Morgan fingerprint density at radius 2 is 1.88 bits per heavy atom. The molecule has 0 aliphatic carbocycles. The number of carbonyl (C=O) groups is 1. The molecule has 0 bridgehead atoms. The second-order valence-corrected chi connectivity index (χ2v) is 6.68. The Morgan fingerprint density at radius 1 is 1.29 bits per heavy atom. The average molecular weight is 276 g/mol. The van der Waals surface area contributed by atoms with Crippen molar-refractivity contribution in [3.63, 3.8) is 0 Å². The molecule has 6 heteroatoms. The molecular weight excluding hydrogens is 262 g/mol. The van der Waals surface area contributed by atoms with E-state index in [4.69, 9.17) is 11.6 Å². The lowest BCUT2D eigenvalue weighted by atomic mass is 10.1. The van der Waals surface area contributed by atoms with Crippen molar-refractivity contribution in [1.82, 2.24) is 4.72 Å². The topological polar surface area (TPSA) is 63.2 Å². The quantitative estimate of drug-likeness (QED) is 0.860. The van der Waals surface area contributed by atoms with Crippen LogP contribution in [0.25, 0.3) is 0 Å². The SMILES string of the molecule is CC(C)(C)NS(=O)(=O)c1cccc(C(=O)Cl)c1. The van der Waals surface area contributed by atoms with Crippen LogP contribution in [0.3, 0.4) is 0 Å². The summed E-state index contributed by atoms with van der Waals surface area (Å²) in [6.07, 6.45) is 0. The van der Waals surface area contributed by atoms with Gasteiger partial charge in [-0.05, 0) is 44.5 Å². The minimum atomic E-state index is -3.63. The van der Waals surface area contributed by atoms with Crippen LogP contribution in [-0.2, 0) is 10.0 Å². The van der Waals surface area contributed by atoms with Crippen LogP contribution in [0.15, 0.2) is 29.2 Å². The number of halogens is 1. The van der Waals surface area contributed by atoms with E-state index in [1.807, 2.05) is 0 Å². The second kappa shape index (κ2) is 4.76. The van der Waals surface area contributed by atoms with E-state index in [0.29, 0.717) is 0 Å². The van der Waals surface area contributed by atoms with Gasteiger partial charge in [-0.2, -0.15) is 0 Å². The fraction of sp³-hybridized carbons (Fsp3) is 0.364. The molecule has 0 saturated heterocycles. The summed E-state index contributed by atoms with van der Waals surface area (Å²) >= 11 is 5.30. The number of hydrogen-bond acceptors (Lipinski definition) is 3. The van der Waals surface area contributed by atoms with Crippen molar-refractivity contribution >= 4 is 26.9 Å². The summed E-state index contributed by atoms with van der Waals surface area (Å²) in [5.41, 5.74) is -0.428. The summed E-state index contributed by atoms with van der Waals surface area (Å²) in [6, 6.07) is 5.61. The summed E-state index contributed by atoms with van der Waals surface area (Å²) < 4.78 is 26.4. The van der Waals surface area contributed by atoms with Crippen molar-refractivity contribution in [2.24, 2.45) is 0 Å². The van der Waals surface area contributed by atoms with Crippen molar-refractivity contribution in [2.45, 2.75) is 31.2 Å². The molecule has 1 aromatic rings. The Kier molecular flexibility index (Phi) is 3.96. The van der Waals surface area contributed by atoms with E-state index in [1.165, 1.54) is 24.3 Å². The van der Waals surface area contributed by atoms with Crippen LogP contribution in [0.1, 0.15) is 31.1 Å². The second-order valence-electron chi connectivity index (χ2n) is 4.66. The van der Waals surface area contributed by atoms with Crippen molar-refractivity contribution in [1.29, 1.82) is 0 Å². The average Bonchev–Trinajstić information content (AvgIpc) is 2.14. The van der Waals surface area contributed by atoms with E-state index in [1.54, 1.807) is 20.8 Å². The molecule has 0 aromatic heterocycles. The highest BCUT2D eigenvalue weighted by Crippen LogP contribution is 2.15. The van der Waals surface area contributed by atoms with Crippen molar-refractivity contribution in [3.05, 3.63) is 29.8 Å². The Bertz CT molecular complexity index is 532. The van der Waals surface area contributed by atoms with Gasteiger partial charge in [0.05, 0.1) is 4.90 Å². The van der Waals surface area contributed by atoms with Crippen LogP contribution in [0.2, 0.25) is 0 Å².